The molecule has 0 bridgehead atoms. The molecule has 0 aromatic carbocycles. The number of esters is 2. The van der Waals surface area contributed by atoms with Crippen LogP contribution in [0, 0.1) is 0 Å². The number of carbonyl (C=O) groups excluding carboxylic acids is 2. The van der Waals surface area contributed by atoms with E-state index in [2.05, 4.69) is 86.8 Å². The first-order chi connectivity index (χ1) is 40.6. The third-order valence-electron chi connectivity index (χ3n) is 15.4. The molecule has 0 rings (SSSR count). The van der Waals surface area contributed by atoms with Gasteiger partial charge in [0.15, 0.2) is 6.10 Å². The Morgan fingerprint density at radius 2 is 0.651 bits per heavy atom. The SMILES string of the molecule is CCCCCCC/C=C\C/C=C\C/C=C\CCCCCCCCCCCCCCCCC(=O)OCC(COC(OCC[N+](C)(C)C)C(=O)O)OC(=O)CCCCCCCCCCCCCCCC/C=C\C/C=C\C/C=C\CCCCCCC. The monoisotopic (exact) mass is 1170 g/mol. The molecule has 9 nitrogen and oxygen atoms in total. The summed E-state index contributed by atoms with van der Waals surface area (Å²) in [4.78, 5) is 37.6. The summed E-state index contributed by atoms with van der Waals surface area (Å²) < 4.78 is 23.0. The summed E-state index contributed by atoms with van der Waals surface area (Å²) in [6.07, 6.45) is 82.9. The fourth-order valence-corrected chi connectivity index (χ4v) is 10.0. The minimum absolute atomic E-state index is 0.182. The van der Waals surface area contributed by atoms with Crippen molar-refractivity contribution in [2.75, 3.05) is 47.5 Å². The second-order valence-electron chi connectivity index (χ2n) is 24.8. The van der Waals surface area contributed by atoms with Crippen LogP contribution in [0.25, 0.3) is 0 Å². The van der Waals surface area contributed by atoms with Gasteiger partial charge in [-0.15, -0.1) is 0 Å². The van der Waals surface area contributed by atoms with E-state index in [4.69, 9.17) is 18.9 Å². The molecule has 0 heterocycles. The maximum Gasteiger partial charge on any atom is 0.361 e. The molecule has 0 aromatic heterocycles. The number of unbranched alkanes of at least 4 members (excludes halogenated alkanes) is 38. The lowest BCUT2D eigenvalue weighted by molar-refractivity contribution is -0.870. The summed E-state index contributed by atoms with van der Waals surface area (Å²) in [5, 5.41) is 9.75. The summed E-state index contributed by atoms with van der Waals surface area (Å²) >= 11 is 0. The number of nitrogens with zero attached hydrogens (tertiary/aromatic N) is 1. The van der Waals surface area contributed by atoms with Gasteiger partial charge in [0.1, 0.15) is 13.2 Å². The molecule has 482 valence electrons. The number of carboxylic acids is 1. The van der Waals surface area contributed by atoms with Crippen molar-refractivity contribution in [3.05, 3.63) is 72.9 Å². The molecule has 0 saturated carbocycles. The summed E-state index contributed by atoms with van der Waals surface area (Å²) in [7, 11) is 5.98. The quantitative estimate of drug-likeness (QED) is 0.0211. The van der Waals surface area contributed by atoms with Gasteiger partial charge in [-0.1, -0.05) is 292 Å². The normalized spacial score (nSPS) is 13.1. The molecule has 1 N–H and O–H groups in total. The third kappa shape index (κ3) is 66.1. The highest BCUT2D eigenvalue weighted by Gasteiger charge is 2.25. The summed E-state index contributed by atoms with van der Waals surface area (Å²) in [5.41, 5.74) is 0. The first-order valence-electron chi connectivity index (χ1n) is 35.1. The van der Waals surface area contributed by atoms with Gasteiger partial charge in [-0.3, -0.25) is 9.59 Å². The first-order valence-corrected chi connectivity index (χ1v) is 35.1. The Bertz CT molecular complexity index is 1590. The van der Waals surface area contributed by atoms with E-state index in [-0.39, 0.29) is 32.2 Å². The van der Waals surface area contributed by atoms with Gasteiger partial charge in [0.25, 0.3) is 6.29 Å². The molecular formula is C74H134NO8+. The maximum absolute atomic E-state index is 12.9. The first kappa shape index (κ1) is 79.7. The minimum atomic E-state index is -1.51. The zero-order chi connectivity index (χ0) is 60.5. The van der Waals surface area contributed by atoms with E-state index in [1.54, 1.807) is 0 Å². The molecule has 0 spiro atoms. The van der Waals surface area contributed by atoms with Gasteiger partial charge in [-0.25, -0.2) is 4.79 Å². The standard InChI is InChI=1S/C74H133NO8/c1-6-8-10-12-14-16-18-20-22-24-26-28-30-32-34-36-38-40-42-44-46-48-50-52-54-56-58-60-62-64-71(76)81-68-70(69-82-74(73(78)79)80-67-66-75(3,4)5)83-72(77)65-63-61-59-57-55-53-51-49-47-45-43-41-39-37-35-33-31-29-27-25-23-21-19-17-15-13-11-9-7-2/h18-21,24-27,30-33,70,74H,6-17,22-23,28-29,34-69H2,1-5H3/p+1/b20-18-,21-19-,26-24-,27-25-,32-30-,33-31-. The summed E-state index contributed by atoms with van der Waals surface area (Å²) in [6, 6.07) is 0. The molecule has 9 heteroatoms. The lowest BCUT2D eigenvalue weighted by Crippen LogP contribution is -2.40. The Hall–Kier alpha value is -3.27. The van der Waals surface area contributed by atoms with Crippen molar-refractivity contribution < 1.29 is 42.9 Å². The van der Waals surface area contributed by atoms with Crippen LogP contribution in [-0.4, -0.2) is 87.4 Å². The van der Waals surface area contributed by atoms with Crippen LogP contribution in [0.2, 0.25) is 0 Å². The van der Waals surface area contributed by atoms with Crippen LogP contribution in [0.3, 0.4) is 0 Å². The van der Waals surface area contributed by atoms with Crippen LogP contribution in [0.15, 0.2) is 72.9 Å². The van der Waals surface area contributed by atoms with Crippen LogP contribution >= 0.6 is 0 Å². The highest BCUT2D eigenvalue weighted by Crippen LogP contribution is 2.17. The van der Waals surface area contributed by atoms with E-state index in [9.17, 15) is 19.5 Å². The van der Waals surface area contributed by atoms with Gasteiger partial charge in [0, 0.05) is 12.8 Å². The van der Waals surface area contributed by atoms with Gasteiger partial charge < -0.3 is 28.5 Å². The van der Waals surface area contributed by atoms with Crippen molar-refractivity contribution >= 4 is 17.9 Å². The predicted octanol–water partition coefficient (Wildman–Crippen LogP) is 21.7. The Labute approximate surface area is 513 Å². The van der Waals surface area contributed by atoms with Crippen molar-refractivity contribution in [3.63, 3.8) is 0 Å². The van der Waals surface area contributed by atoms with Gasteiger partial charge in [0.2, 0.25) is 0 Å². The molecule has 0 aliphatic heterocycles. The fraction of sp³-hybridized carbons (Fsp3) is 0.797. The third-order valence-corrected chi connectivity index (χ3v) is 15.4. The lowest BCUT2D eigenvalue weighted by atomic mass is 10.0. The van der Waals surface area contributed by atoms with E-state index < -0.39 is 24.3 Å². The highest BCUT2D eigenvalue weighted by molar-refractivity contribution is 5.71. The maximum atomic E-state index is 12.9. The fourth-order valence-electron chi connectivity index (χ4n) is 10.0. The van der Waals surface area contributed by atoms with Crippen molar-refractivity contribution in [2.24, 2.45) is 0 Å². The number of carboxylic acid groups (broad SMARTS) is 1. The lowest BCUT2D eigenvalue weighted by Gasteiger charge is -2.25. The molecule has 0 aliphatic rings. The molecule has 83 heavy (non-hydrogen) atoms. The average molecular weight is 1170 g/mol. The molecule has 0 amide bonds. The predicted molar refractivity (Wildman–Crippen MR) is 355 cm³/mol. The Kier molecular flexibility index (Phi) is 62.2. The molecule has 0 radical (unpaired) electrons. The average Bonchev–Trinajstić information content (AvgIpc) is 3.47. The number of quaternary nitrogens is 1. The largest absolute Gasteiger partial charge is 0.477 e. The topological polar surface area (TPSA) is 108 Å². The second kappa shape index (κ2) is 64.7. The van der Waals surface area contributed by atoms with E-state index in [1.165, 1.54) is 231 Å². The van der Waals surface area contributed by atoms with E-state index in [1.807, 2.05) is 21.1 Å². The molecule has 0 aromatic rings. The van der Waals surface area contributed by atoms with Crippen LogP contribution < -0.4 is 0 Å². The number of allylic oxidation sites excluding steroid dienone is 12. The Balaban J connectivity index is 4.12. The Morgan fingerprint density at radius 3 is 0.964 bits per heavy atom. The second-order valence-corrected chi connectivity index (χ2v) is 24.8. The summed E-state index contributed by atoms with van der Waals surface area (Å²) in [6.45, 7) is 4.89. The minimum Gasteiger partial charge on any atom is -0.477 e. The smallest absolute Gasteiger partial charge is 0.361 e. The summed E-state index contributed by atoms with van der Waals surface area (Å²) in [5.74, 6) is -1.99. The van der Waals surface area contributed by atoms with Crippen molar-refractivity contribution in [3.8, 4) is 0 Å². The Morgan fingerprint density at radius 1 is 0.361 bits per heavy atom. The van der Waals surface area contributed by atoms with E-state index in [0.717, 1.165) is 64.2 Å². The zero-order valence-electron chi connectivity index (χ0n) is 55.1. The molecule has 0 aliphatic carbocycles. The van der Waals surface area contributed by atoms with Crippen LogP contribution in [-0.2, 0) is 33.3 Å². The number of rotatable bonds is 65. The van der Waals surface area contributed by atoms with Crippen molar-refractivity contribution in [1.82, 2.24) is 0 Å². The van der Waals surface area contributed by atoms with Gasteiger partial charge in [-0.2, -0.15) is 0 Å². The number of likely N-dealkylation sites (N-methyl/N-ethyl adjacent to an activating group) is 1. The number of hydrogen-bond donors (Lipinski definition) is 1. The number of aliphatic carboxylic acids is 1. The van der Waals surface area contributed by atoms with Crippen LogP contribution in [0.5, 0.6) is 0 Å². The van der Waals surface area contributed by atoms with Crippen LogP contribution in [0.4, 0.5) is 0 Å². The van der Waals surface area contributed by atoms with Gasteiger partial charge >= 0.3 is 17.9 Å². The molecule has 2 unspecified atom stereocenters. The van der Waals surface area contributed by atoms with Crippen LogP contribution in [0.1, 0.15) is 322 Å². The van der Waals surface area contributed by atoms with Crippen molar-refractivity contribution in [1.29, 1.82) is 0 Å². The van der Waals surface area contributed by atoms with Gasteiger partial charge in [-0.05, 0) is 89.9 Å². The van der Waals surface area contributed by atoms with E-state index >= 15 is 0 Å². The van der Waals surface area contributed by atoms with Gasteiger partial charge in [0.05, 0.1) is 34.4 Å². The molecule has 0 saturated heterocycles. The van der Waals surface area contributed by atoms with Crippen molar-refractivity contribution in [2.45, 2.75) is 334 Å². The zero-order valence-corrected chi connectivity index (χ0v) is 55.1. The number of hydrogen-bond acceptors (Lipinski definition) is 7. The van der Waals surface area contributed by atoms with E-state index in [0.29, 0.717) is 17.4 Å². The number of ether oxygens (including phenoxy) is 4. The molecular weight excluding hydrogens is 1030 g/mol. The molecule has 0 fully saturated rings. The highest BCUT2D eigenvalue weighted by atomic mass is 16.7. The molecule has 2 atom stereocenters. The number of carbonyl (C=O) groups is 3.